The monoisotopic (exact) mass is 359 g/mol. The molecule has 2 aromatic carbocycles. The molecule has 0 N–H and O–H groups in total. The molecule has 1 heterocycles. The van der Waals surface area contributed by atoms with Gasteiger partial charge < -0.3 is 4.74 Å². The van der Waals surface area contributed by atoms with Gasteiger partial charge in [-0.1, -0.05) is 41.6 Å². The van der Waals surface area contributed by atoms with Crippen molar-refractivity contribution in [1.29, 1.82) is 0 Å². The molecule has 0 aliphatic rings. The summed E-state index contributed by atoms with van der Waals surface area (Å²) < 4.78 is 7.48. The Morgan fingerprint density at radius 1 is 1.04 bits per heavy atom. The number of thioether (sulfide) groups is 1. The van der Waals surface area contributed by atoms with E-state index in [2.05, 4.69) is 26.9 Å². The summed E-state index contributed by atoms with van der Waals surface area (Å²) in [7, 11) is 0. The van der Waals surface area contributed by atoms with E-state index in [1.807, 2.05) is 49.4 Å². The summed E-state index contributed by atoms with van der Waals surface area (Å²) in [5.74, 6) is 1.64. The van der Waals surface area contributed by atoms with E-state index in [4.69, 9.17) is 16.3 Å². The maximum Gasteiger partial charge on any atom is 0.196 e. The molecule has 1 aromatic heterocycles. The second-order valence-electron chi connectivity index (χ2n) is 5.03. The fourth-order valence-electron chi connectivity index (χ4n) is 2.30. The Hall–Kier alpha value is -1.82. The van der Waals surface area contributed by atoms with Gasteiger partial charge in [0.2, 0.25) is 0 Å². The summed E-state index contributed by atoms with van der Waals surface area (Å²) in [6, 6.07) is 17.8. The van der Waals surface area contributed by atoms with Crippen LogP contribution in [0.1, 0.15) is 6.92 Å². The summed E-state index contributed by atoms with van der Waals surface area (Å²) in [4.78, 5) is 0. The predicted octanol–water partition coefficient (Wildman–Crippen LogP) is 4.72. The number of rotatable bonds is 7. The number of hydrogen-bond donors (Lipinski definition) is 0. The summed E-state index contributed by atoms with van der Waals surface area (Å²) in [6.07, 6.45) is 0. The van der Waals surface area contributed by atoms with Gasteiger partial charge in [0, 0.05) is 28.6 Å². The van der Waals surface area contributed by atoms with E-state index in [1.165, 1.54) is 0 Å². The molecule has 0 fully saturated rings. The zero-order valence-electron chi connectivity index (χ0n) is 13.4. The van der Waals surface area contributed by atoms with Crippen molar-refractivity contribution >= 4 is 23.4 Å². The molecule has 0 unspecified atom stereocenters. The molecule has 0 amide bonds. The van der Waals surface area contributed by atoms with E-state index < -0.39 is 0 Å². The zero-order valence-corrected chi connectivity index (χ0v) is 14.9. The van der Waals surface area contributed by atoms with Gasteiger partial charge in [-0.2, -0.15) is 0 Å². The molecule has 6 heteroatoms. The Morgan fingerprint density at radius 3 is 2.50 bits per heavy atom. The average Bonchev–Trinajstić information content (AvgIpc) is 3.04. The van der Waals surface area contributed by atoms with Crippen molar-refractivity contribution in [2.75, 3.05) is 19.0 Å². The van der Waals surface area contributed by atoms with Gasteiger partial charge in [0.05, 0.1) is 6.61 Å². The first-order chi connectivity index (χ1) is 11.8. The topological polar surface area (TPSA) is 39.9 Å². The highest BCUT2D eigenvalue weighted by atomic mass is 35.5. The molecule has 3 rings (SSSR count). The molecule has 3 aromatic rings. The molecule has 124 valence electrons. The quantitative estimate of drug-likeness (QED) is 0.452. The second-order valence-corrected chi connectivity index (χ2v) is 6.53. The second kappa shape index (κ2) is 8.33. The van der Waals surface area contributed by atoms with Crippen LogP contribution in [-0.2, 0) is 4.74 Å². The number of halogens is 1. The fourth-order valence-corrected chi connectivity index (χ4v) is 3.22. The molecule has 24 heavy (non-hydrogen) atoms. The molecule has 0 aliphatic heterocycles. The minimum atomic E-state index is 0.694. The van der Waals surface area contributed by atoms with E-state index >= 15 is 0 Å². The van der Waals surface area contributed by atoms with Crippen LogP contribution in [0.4, 0.5) is 0 Å². The molecule has 0 aliphatic carbocycles. The molecule has 0 spiro atoms. The molecule has 0 saturated heterocycles. The SMILES string of the molecule is CCOCCSc1nnc(-c2ccc(Cl)cc2)n1-c1ccccc1. The van der Waals surface area contributed by atoms with Gasteiger partial charge in [-0.25, -0.2) is 0 Å². The van der Waals surface area contributed by atoms with Crippen LogP contribution in [0.2, 0.25) is 5.02 Å². The van der Waals surface area contributed by atoms with Gasteiger partial charge in [-0.3, -0.25) is 4.57 Å². The largest absolute Gasteiger partial charge is 0.381 e. The third-order valence-corrected chi connectivity index (χ3v) is 4.56. The zero-order chi connectivity index (χ0) is 16.8. The van der Waals surface area contributed by atoms with Crippen molar-refractivity contribution in [1.82, 2.24) is 14.8 Å². The van der Waals surface area contributed by atoms with Crippen LogP contribution in [0.15, 0.2) is 59.8 Å². The smallest absolute Gasteiger partial charge is 0.196 e. The van der Waals surface area contributed by atoms with Gasteiger partial charge in [-0.05, 0) is 43.3 Å². The molecule has 4 nitrogen and oxygen atoms in total. The Morgan fingerprint density at radius 2 is 1.79 bits per heavy atom. The minimum absolute atomic E-state index is 0.694. The average molecular weight is 360 g/mol. The lowest BCUT2D eigenvalue weighted by atomic mass is 10.2. The number of ether oxygens (including phenoxy) is 1. The molecular formula is C18H18ClN3OS. The van der Waals surface area contributed by atoms with Crippen LogP contribution in [0.3, 0.4) is 0 Å². The van der Waals surface area contributed by atoms with E-state index in [0.29, 0.717) is 11.6 Å². The lowest BCUT2D eigenvalue weighted by Gasteiger charge is -2.10. The highest BCUT2D eigenvalue weighted by molar-refractivity contribution is 7.99. The number of nitrogens with zero attached hydrogens (tertiary/aromatic N) is 3. The summed E-state index contributed by atoms with van der Waals surface area (Å²) in [5.41, 5.74) is 2.01. The van der Waals surface area contributed by atoms with Crippen LogP contribution >= 0.6 is 23.4 Å². The predicted molar refractivity (Wildman–Crippen MR) is 99.0 cm³/mol. The summed E-state index contributed by atoms with van der Waals surface area (Å²) in [5, 5.41) is 10.3. The van der Waals surface area contributed by atoms with Crippen LogP contribution < -0.4 is 0 Å². The van der Waals surface area contributed by atoms with Crippen LogP contribution in [-0.4, -0.2) is 33.7 Å². The van der Waals surface area contributed by atoms with Crippen LogP contribution in [0.5, 0.6) is 0 Å². The first kappa shape index (κ1) is 17.0. The Kier molecular flexibility index (Phi) is 5.91. The number of benzene rings is 2. The Bertz CT molecular complexity index is 775. The summed E-state index contributed by atoms with van der Waals surface area (Å²) >= 11 is 7.64. The Balaban J connectivity index is 1.96. The molecule has 0 radical (unpaired) electrons. The highest BCUT2D eigenvalue weighted by Crippen LogP contribution is 2.28. The van der Waals surface area contributed by atoms with Crippen molar-refractivity contribution in [3.05, 3.63) is 59.6 Å². The van der Waals surface area contributed by atoms with Gasteiger partial charge in [0.1, 0.15) is 0 Å². The van der Waals surface area contributed by atoms with Gasteiger partial charge in [0.25, 0.3) is 0 Å². The van der Waals surface area contributed by atoms with E-state index in [0.717, 1.165) is 34.6 Å². The third-order valence-electron chi connectivity index (χ3n) is 3.41. The number of aromatic nitrogens is 3. The van der Waals surface area contributed by atoms with Crippen molar-refractivity contribution in [3.63, 3.8) is 0 Å². The van der Waals surface area contributed by atoms with Gasteiger partial charge >= 0.3 is 0 Å². The van der Waals surface area contributed by atoms with Gasteiger partial charge in [-0.15, -0.1) is 10.2 Å². The lowest BCUT2D eigenvalue weighted by Crippen LogP contribution is -2.01. The minimum Gasteiger partial charge on any atom is -0.381 e. The van der Waals surface area contributed by atoms with E-state index in [-0.39, 0.29) is 0 Å². The number of para-hydroxylation sites is 1. The standard InChI is InChI=1S/C18H18ClN3OS/c1-2-23-12-13-24-18-21-20-17(14-8-10-15(19)11-9-14)22(18)16-6-4-3-5-7-16/h3-11H,2,12-13H2,1H3. The normalized spacial score (nSPS) is 10.9. The maximum atomic E-state index is 6.00. The van der Waals surface area contributed by atoms with Crippen molar-refractivity contribution in [2.24, 2.45) is 0 Å². The Labute approximate surface area is 150 Å². The first-order valence-electron chi connectivity index (χ1n) is 7.77. The molecule has 0 atom stereocenters. The van der Waals surface area contributed by atoms with Crippen molar-refractivity contribution in [3.8, 4) is 17.1 Å². The lowest BCUT2D eigenvalue weighted by molar-refractivity contribution is 0.164. The van der Waals surface area contributed by atoms with Crippen molar-refractivity contribution in [2.45, 2.75) is 12.1 Å². The first-order valence-corrected chi connectivity index (χ1v) is 9.13. The summed E-state index contributed by atoms with van der Waals surface area (Å²) in [6.45, 7) is 3.41. The van der Waals surface area contributed by atoms with Crippen LogP contribution in [0, 0.1) is 0 Å². The molecule has 0 bridgehead atoms. The van der Waals surface area contributed by atoms with Gasteiger partial charge in [0.15, 0.2) is 11.0 Å². The van der Waals surface area contributed by atoms with E-state index in [1.54, 1.807) is 11.8 Å². The van der Waals surface area contributed by atoms with Crippen LogP contribution in [0.25, 0.3) is 17.1 Å². The highest BCUT2D eigenvalue weighted by Gasteiger charge is 2.15. The molecular weight excluding hydrogens is 342 g/mol. The van der Waals surface area contributed by atoms with Crippen molar-refractivity contribution < 1.29 is 4.74 Å². The van der Waals surface area contributed by atoms with E-state index in [9.17, 15) is 0 Å². The maximum absolute atomic E-state index is 6.00. The number of hydrogen-bond acceptors (Lipinski definition) is 4. The third kappa shape index (κ3) is 3.98. The molecule has 0 saturated carbocycles. The fraction of sp³-hybridized carbons (Fsp3) is 0.222.